The van der Waals surface area contributed by atoms with Crippen LogP contribution in [0.15, 0.2) is 77.4 Å². The lowest BCUT2D eigenvalue weighted by atomic mass is 10.0. The second-order valence-electron chi connectivity index (χ2n) is 12.6. The average Bonchev–Trinajstić information content (AvgIpc) is 3.94. The Morgan fingerprint density at radius 3 is 2.27 bits per heavy atom. The lowest BCUT2D eigenvalue weighted by molar-refractivity contribution is -0.152. The number of carbonyl (C=O) groups excluding carboxylic acids is 3. The Hall–Kier alpha value is -4.00. The number of rotatable bonds is 9. The second kappa shape index (κ2) is 20.1. The summed E-state index contributed by atoms with van der Waals surface area (Å²) in [6.07, 6.45) is 10.7. The number of hydrogen-bond acceptors (Lipinski definition) is 7. The maximum atomic E-state index is 14.1. The number of likely N-dealkylation sites (tertiary alicyclic amines) is 1. The summed E-state index contributed by atoms with van der Waals surface area (Å²) in [7, 11) is 0. The van der Waals surface area contributed by atoms with E-state index in [1.54, 1.807) is 40.9 Å². The van der Waals surface area contributed by atoms with E-state index in [9.17, 15) is 23.2 Å². The number of benzene rings is 2. The van der Waals surface area contributed by atoms with E-state index in [4.69, 9.17) is 9.47 Å². The number of thioether (sulfide) groups is 1. The van der Waals surface area contributed by atoms with E-state index >= 15 is 0 Å². The van der Waals surface area contributed by atoms with Crippen LogP contribution in [-0.2, 0) is 29.8 Å². The summed E-state index contributed by atoms with van der Waals surface area (Å²) in [5.41, 5.74) is 4.95. The molecule has 0 saturated carbocycles. The highest BCUT2D eigenvalue weighted by Crippen LogP contribution is 2.50. The molecular weight excluding hydrogens is 675 g/mol. The van der Waals surface area contributed by atoms with E-state index in [0.717, 1.165) is 17.5 Å². The van der Waals surface area contributed by atoms with Crippen molar-refractivity contribution < 1.29 is 32.6 Å². The van der Waals surface area contributed by atoms with Crippen LogP contribution in [0.4, 0.5) is 8.78 Å². The van der Waals surface area contributed by atoms with Gasteiger partial charge < -0.3 is 30.3 Å². The quantitative estimate of drug-likeness (QED) is 0.193. The summed E-state index contributed by atoms with van der Waals surface area (Å²) < 4.78 is 39.2. The monoisotopic (exact) mass is 726 g/mol. The zero-order valence-electron chi connectivity index (χ0n) is 30.5. The Morgan fingerprint density at radius 2 is 1.67 bits per heavy atom. The van der Waals surface area contributed by atoms with Crippen LogP contribution in [0.2, 0.25) is 0 Å². The van der Waals surface area contributed by atoms with Crippen LogP contribution < -0.4 is 16.0 Å². The van der Waals surface area contributed by atoms with Crippen LogP contribution in [0.3, 0.4) is 0 Å². The number of carbonyl (C=O) groups is 3. The molecule has 6 rings (SSSR count). The van der Waals surface area contributed by atoms with Crippen LogP contribution >= 0.6 is 11.8 Å². The number of hydrogen-bond donors (Lipinski definition) is 3. The fraction of sp³-hybridized carbons (Fsp3) is 0.462. The summed E-state index contributed by atoms with van der Waals surface area (Å²) in [4.78, 5) is 33.7. The molecule has 2 aromatic rings. The largest absolute Gasteiger partial charge is 0.375 e. The molecule has 2 aromatic carbocycles. The molecule has 3 amide bonds. The molecule has 3 N–H and O–H groups in total. The Labute approximate surface area is 305 Å². The molecule has 2 saturated heterocycles. The van der Waals surface area contributed by atoms with Crippen molar-refractivity contribution in [1.82, 2.24) is 20.9 Å². The molecule has 0 bridgehead atoms. The van der Waals surface area contributed by atoms with Crippen LogP contribution in [0.25, 0.3) is 11.1 Å². The number of ether oxygens (including phenoxy) is 2. The van der Waals surface area contributed by atoms with Crippen molar-refractivity contribution in [3.05, 3.63) is 94.1 Å². The fourth-order valence-electron chi connectivity index (χ4n) is 5.91. The number of fused-ring (bicyclic) bond motifs is 3. The molecule has 0 radical (unpaired) electrons. The Kier molecular flexibility index (Phi) is 16.4. The van der Waals surface area contributed by atoms with Gasteiger partial charge in [0.2, 0.25) is 18.7 Å². The van der Waals surface area contributed by atoms with Gasteiger partial charge in [-0.25, -0.2) is 0 Å². The van der Waals surface area contributed by atoms with Crippen molar-refractivity contribution in [2.24, 2.45) is 0 Å². The molecule has 2 atom stereocenters. The molecule has 9 nitrogen and oxygen atoms in total. The molecule has 1 aliphatic carbocycles. The van der Waals surface area contributed by atoms with Gasteiger partial charge in [-0.2, -0.15) is 8.78 Å². The molecule has 4 aliphatic rings. The van der Waals surface area contributed by atoms with Gasteiger partial charge in [0.1, 0.15) is 5.37 Å². The highest BCUT2D eigenvalue weighted by atomic mass is 32.2. The van der Waals surface area contributed by atoms with Gasteiger partial charge in [-0.15, -0.1) is 11.8 Å². The standard InChI is InChI=1S/C14H10F2.C11H16N2OS.C10H16N2O4.C4H10/c1-9-6-7-13-11(8-9)10-4-2-3-5-12(10)14(13,15)16;1-3-10(11-13-4-5-15-11)6-9(2)7-12-8-14;1-8-4-10(15-2-3-16-10)6-12(8)9(14)5-11-7-13;1-3-4-2/h2-8H,1H3;3-6,8,11,13H,7H2,1-2H3,(H,12,14);7-8H,2-6H2,1H3,(H,11,13);3-4H2,1-2H3/b;9-6+,10-3+;;. The van der Waals surface area contributed by atoms with E-state index in [2.05, 4.69) is 41.9 Å². The summed E-state index contributed by atoms with van der Waals surface area (Å²) in [5, 5.41) is 10.6. The first-order valence-electron chi connectivity index (χ1n) is 17.4. The number of allylic oxidation sites excluding steroid dienone is 1. The third kappa shape index (κ3) is 11.2. The number of unbranched alkanes of at least 4 members (excludes halogenated alkanes) is 1. The molecule has 3 heterocycles. The SMILES string of the molecule is C/C=C(\C=C(/C)CNC=O)C1NC=CS1.CC1CC2(CN1C(=O)CNC=O)OCCO2.CCCC.Cc1ccc2c(c1)-c1ccccc1C2(F)F. The number of aryl methyl sites for hydroxylation is 1. The summed E-state index contributed by atoms with van der Waals surface area (Å²) in [6.45, 7) is 14.5. The average molecular weight is 727 g/mol. The Bertz CT molecular complexity index is 1550. The summed E-state index contributed by atoms with van der Waals surface area (Å²) in [5.74, 6) is -3.55. The lowest BCUT2D eigenvalue weighted by Crippen LogP contribution is -2.42. The highest BCUT2D eigenvalue weighted by Gasteiger charge is 2.48. The second-order valence-corrected chi connectivity index (χ2v) is 13.6. The predicted octanol–water partition coefficient (Wildman–Crippen LogP) is 6.78. The van der Waals surface area contributed by atoms with Crippen molar-refractivity contribution >= 4 is 30.5 Å². The van der Waals surface area contributed by atoms with Gasteiger partial charge in [0, 0.05) is 36.3 Å². The number of amides is 3. The number of nitrogens with zero attached hydrogens (tertiary/aromatic N) is 1. The zero-order chi connectivity index (χ0) is 37.4. The molecule has 2 fully saturated rings. The first kappa shape index (κ1) is 41.4. The maximum absolute atomic E-state index is 14.1. The molecule has 51 heavy (non-hydrogen) atoms. The number of halogens is 2. The minimum atomic E-state index is -2.85. The molecule has 278 valence electrons. The minimum absolute atomic E-state index is 0.0317. The minimum Gasteiger partial charge on any atom is -0.375 e. The molecule has 0 aromatic heterocycles. The normalized spacial score (nSPS) is 20.4. The van der Waals surface area contributed by atoms with Crippen LogP contribution in [0, 0.1) is 6.92 Å². The number of nitrogens with one attached hydrogen (secondary N) is 3. The first-order valence-corrected chi connectivity index (χ1v) is 18.3. The summed E-state index contributed by atoms with van der Waals surface area (Å²) >= 11 is 1.75. The molecule has 2 unspecified atom stereocenters. The third-order valence-corrected chi connectivity index (χ3v) is 9.61. The van der Waals surface area contributed by atoms with E-state index in [1.165, 1.54) is 30.5 Å². The molecule has 3 aliphatic heterocycles. The molecule has 1 spiro atoms. The van der Waals surface area contributed by atoms with Gasteiger partial charge in [-0.3, -0.25) is 14.4 Å². The lowest BCUT2D eigenvalue weighted by Gasteiger charge is -2.22. The van der Waals surface area contributed by atoms with Gasteiger partial charge in [-0.05, 0) is 49.8 Å². The van der Waals surface area contributed by atoms with E-state index in [1.807, 2.05) is 45.4 Å². The maximum Gasteiger partial charge on any atom is 0.299 e. The van der Waals surface area contributed by atoms with Crippen LogP contribution in [0.1, 0.15) is 70.6 Å². The third-order valence-electron chi connectivity index (χ3n) is 8.63. The molecular formula is C39H52F2N4O5S. The van der Waals surface area contributed by atoms with E-state index < -0.39 is 11.7 Å². The van der Waals surface area contributed by atoms with E-state index in [-0.39, 0.29) is 29.6 Å². The van der Waals surface area contributed by atoms with Crippen molar-refractivity contribution in [3.63, 3.8) is 0 Å². The smallest absolute Gasteiger partial charge is 0.299 e. The van der Waals surface area contributed by atoms with Gasteiger partial charge in [0.25, 0.3) is 5.92 Å². The van der Waals surface area contributed by atoms with Crippen molar-refractivity contribution in [1.29, 1.82) is 0 Å². The van der Waals surface area contributed by atoms with Crippen molar-refractivity contribution in [3.8, 4) is 11.1 Å². The van der Waals surface area contributed by atoms with Gasteiger partial charge >= 0.3 is 0 Å². The fourth-order valence-corrected chi connectivity index (χ4v) is 6.74. The predicted molar refractivity (Wildman–Crippen MR) is 200 cm³/mol. The Balaban J connectivity index is 0.000000196. The number of alkyl halides is 2. The van der Waals surface area contributed by atoms with E-state index in [0.29, 0.717) is 55.6 Å². The topological polar surface area (TPSA) is 109 Å². The van der Waals surface area contributed by atoms with Crippen molar-refractivity contribution in [2.75, 3.05) is 32.8 Å². The highest BCUT2D eigenvalue weighted by molar-refractivity contribution is 8.03. The molecule has 12 heteroatoms. The first-order chi connectivity index (χ1) is 24.5. The zero-order valence-corrected chi connectivity index (χ0v) is 31.3. The van der Waals surface area contributed by atoms with Gasteiger partial charge in [0.15, 0.2) is 5.79 Å². The summed E-state index contributed by atoms with van der Waals surface area (Å²) in [6, 6.07) is 11.9. The Morgan fingerprint density at radius 1 is 1.02 bits per heavy atom. The van der Waals surface area contributed by atoms with Gasteiger partial charge in [0.05, 0.1) is 26.3 Å². The van der Waals surface area contributed by atoms with Crippen LogP contribution in [0.5, 0.6) is 0 Å². The van der Waals surface area contributed by atoms with Gasteiger partial charge in [-0.1, -0.05) is 92.4 Å². The van der Waals surface area contributed by atoms with Crippen LogP contribution in [-0.4, -0.2) is 73.7 Å². The van der Waals surface area contributed by atoms with Crippen molar-refractivity contribution in [2.45, 2.75) is 83.9 Å².